The molecule has 2 N–H and O–H groups in total. The summed E-state index contributed by atoms with van der Waals surface area (Å²) in [6.45, 7) is 2.86. The Morgan fingerprint density at radius 1 is 1.36 bits per heavy atom. The summed E-state index contributed by atoms with van der Waals surface area (Å²) < 4.78 is 0. The van der Waals surface area contributed by atoms with Crippen molar-refractivity contribution in [3.8, 4) is 0 Å². The standard InChI is InChI=1S/C12H17NO/c1-10(9-14-13)12(7-8-12)11-5-3-2-4-6-11/h2-6,10H,7-9,13H2,1H3. The van der Waals surface area contributed by atoms with E-state index in [1.165, 1.54) is 18.4 Å². The number of hydrogen-bond acceptors (Lipinski definition) is 2. The molecule has 14 heavy (non-hydrogen) atoms. The number of nitrogens with two attached hydrogens (primary N) is 1. The van der Waals surface area contributed by atoms with E-state index in [4.69, 9.17) is 10.7 Å². The van der Waals surface area contributed by atoms with Gasteiger partial charge in [-0.1, -0.05) is 37.3 Å². The van der Waals surface area contributed by atoms with Gasteiger partial charge in [-0.15, -0.1) is 0 Å². The minimum absolute atomic E-state index is 0.348. The molecular weight excluding hydrogens is 174 g/mol. The molecule has 2 rings (SSSR count). The highest BCUT2D eigenvalue weighted by Gasteiger charge is 2.48. The van der Waals surface area contributed by atoms with Crippen molar-refractivity contribution < 1.29 is 4.84 Å². The third-order valence-corrected chi connectivity index (χ3v) is 3.43. The maximum absolute atomic E-state index is 5.13. The second-order valence-corrected chi connectivity index (χ2v) is 4.26. The smallest absolute Gasteiger partial charge is 0.0713 e. The van der Waals surface area contributed by atoms with Crippen LogP contribution in [0.2, 0.25) is 0 Å². The van der Waals surface area contributed by atoms with Gasteiger partial charge >= 0.3 is 0 Å². The fourth-order valence-corrected chi connectivity index (χ4v) is 2.27. The number of benzene rings is 1. The molecule has 0 radical (unpaired) electrons. The summed E-state index contributed by atoms with van der Waals surface area (Å²) in [5.41, 5.74) is 1.78. The summed E-state index contributed by atoms with van der Waals surface area (Å²) in [5, 5.41) is 0. The second-order valence-electron chi connectivity index (χ2n) is 4.26. The maximum atomic E-state index is 5.13. The van der Waals surface area contributed by atoms with Crippen LogP contribution in [0.25, 0.3) is 0 Å². The minimum Gasteiger partial charge on any atom is -0.304 e. The van der Waals surface area contributed by atoms with Gasteiger partial charge in [0.1, 0.15) is 0 Å². The number of rotatable bonds is 4. The molecule has 1 aromatic rings. The average molecular weight is 191 g/mol. The Morgan fingerprint density at radius 2 is 2.00 bits per heavy atom. The van der Waals surface area contributed by atoms with Crippen LogP contribution in [-0.4, -0.2) is 6.61 Å². The molecule has 0 heterocycles. The minimum atomic E-state index is 0.348. The lowest BCUT2D eigenvalue weighted by Gasteiger charge is -2.22. The lowest BCUT2D eigenvalue weighted by atomic mass is 9.84. The molecule has 1 saturated carbocycles. The number of hydrogen-bond donors (Lipinski definition) is 1. The van der Waals surface area contributed by atoms with Crippen LogP contribution in [0.3, 0.4) is 0 Å². The van der Waals surface area contributed by atoms with E-state index >= 15 is 0 Å². The van der Waals surface area contributed by atoms with Crippen LogP contribution >= 0.6 is 0 Å². The van der Waals surface area contributed by atoms with Crippen molar-refractivity contribution >= 4 is 0 Å². The van der Waals surface area contributed by atoms with Crippen molar-refractivity contribution in [1.29, 1.82) is 0 Å². The molecule has 1 aliphatic rings. The molecule has 0 amide bonds. The fourth-order valence-electron chi connectivity index (χ4n) is 2.27. The first kappa shape index (κ1) is 9.69. The molecule has 1 unspecified atom stereocenters. The largest absolute Gasteiger partial charge is 0.304 e. The Kier molecular flexibility index (Phi) is 2.57. The summed E-state index contributed by atoms with van der Waals surface area (Å²) in [4.78, 5) is 4.75. The zero-order valence-corrected chi connectivity index (χ0v) is 8.57. The maximum Gasteiger partial charge on any atom is 0.0713 e. The molecule has 0 bridgehead atoms. The van der Waals surface area contributed by atoms with Crippen molar-refractivity contribution in [3.63, 3.8) is 0 Å². The van der Waals surface area contributed by atoms with Gasteiger partial charge in [-0.3, -0.25) is 0 Å². The Hall–Kier alpha value is -0.860. The molecule has 0 saturated heterocycles. The Balaban J connectivity index is 2.17. The van der Waals surface area contributed by atoms with E-state index in [2.05, 4.69) is 37.3 Å². The van der Waals surface area contributed by atoms with E-state index in [-0.39, 0.29) is 0 Å². The third-order valence-electron chi connectivity index (χ3n) is 3.43. The molecule has 1 fully saturated rings. The van der Waals surface area contributed by atoms with Crippen molar-refractivity contribution in [1.82, 2.24) is 0 Å². The van der Waals surface area contributed by atoms with Gasteiger partial charge in [-0.05, 0) is 24.3 Å². The van der Waals surface area contributed by atoms with Crippen LogP contribution in [0.4, 0.5) is 0 Å². The van der Waals surface area contributed by atoms with Crippen LogP contribution in [0, 0.1) is 5.92 Å². The van der Waals surface area contributed by atoms with Crippen LogP contribution in [0.1, 0.15) is 25.3 Å². The van der Waals surface area contributed by atoms with Gasteiger partial charge in [0.25, 0.3) is 0 Å². The monoisotopic (exact) mass is 191 g/mol. The van der Waals surface area contributed by atoms with Crippen LogP contribution in [0.5, 0.6) is 0 Å². The Bertz CT molecular complexity index is 292. The Labute approximate surface area is 85.0 Å². The predicted molar refractivity (Wildman–Crippen MR) is 56.7 cm³/mol. The van der Waals surface area contributed by atoms with Crippen molar-refractivity contribution in [2.45, 2.75) is 25.2 Å². The highest BCUT2D eigenvalue weighted by molar-refractivity contribution is 5.32. The first-order valence-corrected chi connectivity index (χ1v) is 5.17. The van der Waals surface area contributed by atoms with Crippen LogP contribution in [0.15, 0.2) is 30.3 Å². The van der Waals surface area contributed by atoms with Crippen LogP contribution < -0.4 is 5.90 Å². The van der Waals surface area contributed by atoms with Gasteiger partial charge in [0, 0.05) is 5.41 Å². The highest BCUT2D eigenvalue weighted by atomic mass is 16.6. The lowest BCUT2D eigenvalue weighted by molar-refractivity contribution is 0.0933. The first-order chi connectivity index (χ1) is 6.79. The molecule has 1 atom stereocenters. The second kappa shape index (κ2) is 3.71. The molecule has 2 nitrogen and oxygen atoms in total. The summed E-state index contributed by atoms with van der Waals surface area (Å²) in [5.74, 6) is 5.64. The molecule has 76 valence electrons. The van der Waals surface area contributed by atoms with Crippen LogP contribution in [-0.2, 0) is 10.3 Å². The lowest BCUT2D eigenvalue weighted by Crippen LogP contribution is -2.23. The molecule has 1 aliphatic carbocycles. The molecule has 0 spiro atoms. The van der Waals surface area contributed by atoms with E-state index in [1.807, 2.05) is 0 Å². The topological polar surface area (TPSA) is 35.2 Å². The molecule has 0 aliphatic heterocycles. The molecule has 2 heteroatoms. The summed E-state index contributed by atoms with van der Waals surface area (Å²) in [6.07, 6.45) is 2.53. The van der Waals surface area contributed by atoms with Gasteiger partial charge in [-0.25, -0.2) is 5.90 Å². The SMILES string of the molecule is CC(CON)C1(c2ccccc2)CC1. The normalized spacial score (nSPS) is 20.4. The van der Waals surface area contributed by atoms with Gasteiger partial charge in [0.2, 0.25) is 0 Å². The van der Waals surface area contributed by atoms with Crippen molar-refractivity contribution in [3.05, 3.63) is 35.9 Å². The van der Waals surface area contributed by atoms with Gasteiger partial charge in [0.15, 0.2) is 0 Å². The van der Waals surface area contributed by atoms with E-state index in [9.17, 15) is 0 Å². The van der Waals surface area contributed by atoms with Gasteiger partial charge < -0.3 is 4.84 Å². The summed E-state index contributed by atoms with van der Waals surface area (Å²) >= 11 is 0. The molecule has 1 aromatic carbocycles. The third kappa shape index (κ3) is 1.56. The molecular formula is C12H17NO. The average Bonchev–Trinajstić information content (AvgIpc) is 3.00. The predicted octanol–water partition coefficient (Wildman–Crippen LogP) is 2.24. The zero-order chi connectivity index (χ0) is 10.0. The molecule has 0 aromatic heterocycles. The van der Waals surface area contributed by atoms with Gasteiger partial charge in [0.05, 0.1) is 6.61 Å². The summed E-state index contributed by atoms with van der Waals surface area (Å²) in [6, 6.07) is 10.7. The highest BCUT2D eigenvalue weighted by Crippen LogP contribution is 2.53. The summed E-state index contributed by atoms with van der Waals surface area (Å²) in [7, 11) is 0. The van der Waals surface area contributed by atoms with Crippen molar-refractivity contribution in [2.24, 2.45) is 11.8 Å². The first-order valence-electron chi connectivity index (χ1n) is 5.17. The van der Waals surface area contributed by atoms with E-state index < -0.39 is 0 Å². The van der Waals surface area contributed by atoms with Gasteiger partial charge in [-0.2, -0.15) is 0 Å². The fraction of sp³-hybridized carbons (Fsp3) is 0.500. The van der Waals surface area contributed by atoms with E-state index in [0.29, 0.717) is 17.9 Å². The quantitative estimate of drug-likeness (QED) is 0.741. The Morgan fingerprint density at radius 3 is 2.50 bits per heavy atom. The van der Waals surface area contributed by atoms with E-state index in [1.54, 1.807) is 0 Å². The zero-order valence-electron chi connectivity index (χ0n) is 8.57. The van der Waals surface area contributed by atoms with Crippen molar-refractivity contribution in [2.75, 3.05) is 6.61 Å². The van der Waals surface area contributed by atoms with E-state index in [0.717, 1.165) is 0 Å².